The molecule has 1 heterocycles. The van der Waals surface area contributed by atoms with Crippen LogP contribution in [0.1, 0.15) is 26.1 Å². The van der Waals surface area contributed by atoms with E-state index in [4.69, 9.17) is 16.3 Å². The van der Waals surface area contributed by atoms with E-state index in [2.05, 4.69) is 23.4 Å². The van der Waals surface area contributed by atoms with Gasteiger partial charge in [0.05, 0.1) is 24.0 Å². The lowest BCUT2D eigenvalue weighted by atomic mass is 10.1. The Morgan fingerprint density at radius 1 is 1.47 bits per heavy atom. The van der Waals surface area contributed by atoms with E-state index in [1.807, 2.05) is 0 Å². The number of fused-ring (bicyclic) bond motifs is 1. The topological polar surface area (TPSA) is 27.1 Å². The molecule has 0 saturated heterocycles. The van der Waals surface area contributed by atoms with Gasteiger partial charge in [0.15, 0.2) is 11.6 Å². The van der Waals surface area contributed by atoms with E-state index in [1.54, 1.807) is 6.07 Å². The molecule has 0 saturated carbocycles. The molecule has 0 aliphatic carbocycles. The van der Waals surface area contributed by atoms with Gasteiger partial charge in [-0.25, -0.2) is 9.37 Å². The maximum absolute atomic E-state index is 13.7. The number of alkyl halides is 1. The summed E-state index contributed by atoms with van der Waals surface area (Å²) in [7, 11) is 1.46. The van der Waals surface area contributed by atoms with Gasteiger partial charge in [-0.2, -0.15) is 0 Å². The Bertz CT molecular complexity index is 582. The lowest BCUT2D eigenvalue weighted by molar-refractivity contribution is 0.387. The predicted molar refractivity (Wildman–Crippen MR) is 75.3 cm³/mol. The van der Waals surface area contributed by atoms with Gasteiger partial charge in [0.1, 0.15) is 5.82 Å². The molecule has 1 atom stereocenters. The van der Waals surface area contributed by atoms with Gasteiger partial charge in [-0.1, -0.05) is 20.3 Å². The molecule has 2 rings (SSSR count). The molecule has 1 unspecified atom stereocenters. The van der Waals surface area contributed by atoms with Crippen LogP contribution >= 0.6 is 11.6 Å². The molecule has 3 nitrogen and oxygen atoms in total. The molecule has 0 amide bonds. The summed E-state index contributed by atoms with van der Waals surface area (Å²) in [6, 6.07) is 3.09. The van der Waals surface area contributed by atoms with Crippen molar-refractivity contribution in [2.45, 2.75) is 32.7 Å². The molecule has 0 bridgehead atoms. The van der Waals surface area contributed by atoms with Crippen LogP contribution in [0.5, 0.6) is 5.75 Å². The second-order valence-corrected chi connectivity index (χ2v) is 5.03. The summed E-state index contributed by atoms with van der Waals surface area (Å²) in [5.74, 6) is 1.43. The molecule has 0 aliphatic heterocycles. The average molecular weight is 285 g/mol. The SMILES string of the molecule is CCC(C)Cn1c(CCl)nc2cc(F)c(OC)cc21. The van der Waals surface area contributed by atoms with Crippen LogP contribution in [0.3, 0.4) is 0 Å². The minimum atomic E-state index is -0.399. The summed E-state index contributed by atoms with van der Waals surface area (Å²) >= 11 is 5.94. The van der Waals surface area contributed by atoms with E-state index in [9.17, 15) is 4.39 Å². The fourth-order valence-corrected chi connectivity index (χ4v) is 2.28. The van der Waals surface area contributed by atoms with Crippen LogP contribution in [0.2, 0.25) is 0 Å². The Labute approximate surface area is 117 Å². The molecule has 2 aromatic rings. The van der Waals surface area contributed by atoms with Crippen molar-refractivity contribution in [2.24, 2.45) is 5.92 Å². The Kier molecular flexibility index (Phi) is 4.30. The Morgan fingerprint density at radius 3 is 2.79 bits per heavy atom. The normalized spacial score (nSPS) is 12.9. The lowest BCUT2D eigenvalue weighted by Crippen LogP contribution is -2.09. The van der Waals surface area contributed by atoms with Crippen molar-refractivity contribution in [2.75, 3.05) is 7.11 Å². The third-order valence-corrected chi connectivity index (χ3v) is 3.65. The monoisotopic (exact) mass is 284 g/mol. The first-order valence-electron chi connectivity index (χ1n) is 6.39. The minimum Gasteiger partial charge on any atom is -0.494 e. The summed E-state index contributed by atoms with van der Waals surface area (Å²) < 4.78 is 20.8. The van der Waals surface area contributed by atoms with Crippen LogP contribution in [-0.2, 0) is 12.4 Å². The van der Waals surface area contributed by atoms with Gasteiger partial charge in [0.25, 0.3) is 0 Å². The number of hydrogen-bond donors (Lipinski definition) is 0. The summed E-state index contributed by atoms with van der Waals surface area (Å²) in [5.41, 5.74) is 1.49. The number of aromatic nitrogens is 2. The van der Waals surface area contributed by atoms with E-state index in [1.165, 1.54) is 13.2 Å². The quantitative estimate of drug-likeness (QED) is 0.777. The smallest absolute Gasteiger partial charge is 0.167 e. The Morgan fingerprint density at radius 2 is 2.21 bits per heavy atom. The van der Waals surface area contributed by atoms with Crippen molar-refractivity contribution in [3.63, 3.8) is 0 Å². The highest BCUT2D eigenvalue weighted by Gasteiger charge is 2.15. The highest BCUT2D eigenvalue weighted by atomic mass is 35.5. The largest absolute Gasteiger partial charge is 0.494 e. The van der Waals surface area contributed by atoms with E-state index >= 15 is 0 Å². The standard InChI is InChI=1S/C14H18ClFN2O/c1-4-9(2)8-18-12-6-13(19-3)10(16)5-11(12)17-14(18)7-15/h5-6,9H,4,7-8H2,1-3H3. The molecule has 5 heteroatoms. The molecule has 0 fully saturated rings. The first kappa shape index (κ1) is 14.1. The minimum absolute atomic E-state index is 0.235. The molecule has 0 spiro atoms. The van der Waals surface area contributed by atoms with E-state index in [-0.39, 0.29) is 5.75 Å². The first-order chi connectivity index (χ1) is 9.10. The second-order valence-electron chi connectivity index (χ2n) is 4.76. The van der Waals surface area contributed by atoms with E-state index < -0.39 is 5.82 Å². The Balaban J connectivity index is 2.58. The first-order valence-corrected chi connectivity index (χ1v) is 6.92. The fourth-order valence-electron chi connectivity index (χ4n) is 2.08. The number of hydrogen-bond acceptors (Lipinski definition) is 2. The molecule has 0 radical (unpaired) electrons. The van der Waals surface area contributed by atoms with Crippen molar-refractivity contribution in [1.29, 1.82) is 0 Å². The summed E-state index contributed by atoms with van der Waals surface area (Å²) in [6.45, 7) is 5.14. The molecule has 104 valence electrons. The van der Waals surface area contributed by atoms with Crippen LogP contribution in [-0.4, -0.2) is 16.7 Å². The molecular weight excluding hydrogens is 267 g/mol. The predicted octanol–water partition coefficient (Wildman–Crippen LogP) is 3.97. The number of benzene rings is 1. The van der Waals surface area contributed by atoms with Crippen molar-refractivity contribution in [3.8, 4) is 5.75 Å². The molecule has 0 N–H and O–H groups in total. The maximum atomic E-state index is 13.7. The molecule has 1 aromatic carbocycles. The van der Waals surface area contributed by atoms with Crippen LogP contribution in [0, 0.1) is 11.7 Å². The number of ether oxygens (including phenoxy) is 1. The zero-order chi connectivity index (χ0) is 14.0. The average Bonchev–Trinajstić information content (AvgIpc) is 2.74. The highest BCUT2D eigenvalue weighted by Crippen LogP contribution is 2.27. The van der Waals surface area contributed by atoms with E-state index in [0.29, 0.717) is 17.3 Å². The molecular formula is C14H18ClFN2O. The zero-order valence-corrected chi connectivity index (χ0v) is 12.2. The molecule has 19 heavy (non-hydrogen) atoms. The van der Waals surface area contributed by atoms with Crippen molar-refractivity contribution < 1.29 is 9.13 Å². The second kappa shape index (κ2) is 5.78. The number of imidazole rings is 1. The summed E-state index contributed by atoms with van der Waals surface area (Å²) in [5, 5.41) is 0. The van der Waals surface area contributed by atoms with Gasteiger partial charge in [-0.05, 0) is 5.92 Å². The van der Waals surface area contributed by atoms with Gasteiger partial charge in [0, 0.05) is 18.7 Å². The van der Waals surface area contributed by atoms with Gasteiger partial charge in [-0.3, -0.25) is 0 Å². The van der Waals surface area contributed by atoms with Gasteiger partial charge < -0.3 is 9.30 Å². The Hall–Kier alpha value is -1.29. The van der Waals surface area contributed by atoms with Gasteiger partial charge in [0.2, 0.25) is 0 Å². The zero-order valence-electron chi connectivity index (χ0n) is 11.4. The number of nitrogens with zero attached hydrogens (tertiary/aromatic N) is 2. The fraction of sp³-hybridized carbons (Fsp3) is 0.500. The third-order valence-electron chi connectivity index (χ3n) is 3.41. The van der Waals surface area contributed by atoms with Crippen molar-refractivity contribution in [1.82, 2.24) is 9.55 Å². The number of rotatable bonds is 5. The van der Waals surface area contributed by atoms with Crippen molar-refractivity contribution >= 4 is 22.6 Å². The molecule has 1 aromatic heterocycles. The molecule has 0 aliphatic rings. The maximum Gasteiger partial charge on any atom is 0.167 e. The summed E-state index contributed by atoms with van der Waals surface area (Å²) in [6.07, 6.45) is 1.07. The van der Waals surface area contributed by atoms with E-state index in [0.717, 1.165) is 24.3 Å². The van der Waals surface area contributed by atoms with Crippen LogP contribution in [0.4, 0.5) is 4.39 Å². The number of methoxy groups -OCH3 is 1. The van der Waals surface area contributed by atoms with Crippen LogP contribution in [0.15, 0.2) is 12.1 Å². The van der Waals surface area contributed by atoms with Crippen LogP contribution in [0.25, 0.3) is 11.0 Å². The summed E-state index contributed by atoms with van der Waals surface area (Å²) in [4.78, 5) is 4.39. The lowest BCUT2D eigenvalue weighted by Gasteiger charge is -2.13. The van der Waals surface area contributed by atoms with Crippen LogP contribution < -0.4 is 4.74 Å². The van der Waals surface area contributed by atoms with Crippen molar-refractivity contribution in [3.05, 3.63) is 23.8 Å². The van der Waals surface area contributed by atoms with Gasteiger partial charge in [-0.15, -0.1) is 11.6 Å². The number of halogens is 2. The highest BCUT2D eigenvalue weighted by molar-refractivity contribution is 6.16. The van der Waals surface area contributed by atoms with Gasteiger partial charge >= 0.3 is 0 Å². The third kappa shape index (κ3) is 2.68.